The molecule has 0 spiro atoms. The van der Waals surface area contributed by atoms with Gasteiger partial charge in [-0.1, -0.05) is 54.6 Å². The summed E-state index contributed by atoms with van der Waals surface area (Å²) in [5.41, 5.74) is 1.12. The Morgan fingerprint density at radius 2 is 1.68 bits per heavy atom. The molecule has 0 aliphatic carbocycles. The maximum atomic E-state index is 13.9. The van der Waals surface area contributed by atoms with E-state index in [4.69, 9.17) is 16.3 Å². The molecule has 2 aromatic rings. The van der Waals surface area contributed by atoms with Crippen LogP contribution in [0.15, 0.2) is 49.0 Å². The lowest BCUT2D eigenvalue weighted by Crippen LogP contribution is -2.57. The summed E-state index contributed by atoms with van der Waals surface area (Å²) >= 11 is 6.39. The maximum absolute atomic E-state index is 13.9. The molecule has 0 radical (unpaired) electrons. The predicted molar refractivity (Wildman–Crippen MR) is 150 cm³/mol. The Bertz CT molecular complexity index is 1140. The smallest absolute Gasteiger partial charge is 0.408 e. The van der Waals surface area contributed by atoms with Gasteiger partial charge in [0.15, 0.2) is 0 Å². The molecule has 0 aromatic heterocycles. The zero-order valence-electron chi connectivity index (χ0n) is 22.9. The molecule has 8 heteroatoms. The van der Waals surface area contributed by atoms with Gasteiger partial charge >= 0.3 is 6.09 Å². The molecule has 2 aromatic carbocycles. The summed E-state index contributed by atoms with van der Waals surface area (Å²) in [5.74, 6) is -0.886. The number of nitrogens with one attached hydrogen (secondary N) is 2. The number of hydrogen-bond donors (Lipinski definition) is 2. The highest BCUT2D eigenvalue weighted by Crippen LogP contribution is 2.33. The van der Waals surface area contributed by atoms with Crippen molar-refractivity contribution < 1.29 is 19.1 Å². The van der Waals surface area contributed by atoms with Crippen molar-refractivity contribution >= 4 is 41.3 Å². The monoisotopic (exact) mass is 527 g/mol. The van der Waals surface area contributed by atoms with E-state index < -0.39 is 41.1 Å². The maximum Gasteiger partial charge on any atom is 0.408 e. The molecule has 2 unspecified atom stereocenters. The molecule has 0 saturated carbocycles. The van der Waals surface area contributed by atoms with Crippen molar-refractivity contribution in [2.75, 3.05) is 5.32 Å². The number of ether oxygens (including phenoxy) is 1. The van der Waals surface area contributed by atoms with Crippen LogP contribution in [0, 0.1) is 6.92 Å². The quantitative estimate of drug-likeness (QED) is 0.429. The topological polar surface area (TPSA) is 87.7 Å². The lowest BCUT2D eigenvalue weighted by Gasteiger charge is -2.42. The molecule has 2 rings (SSSR count). The molecule has 0 fully saturated rings. The summed E-state index contributed by atoms with van der Waals surface area (Å²) < 4.78 is 5.33. The van der Waals surface area contributed by atoms with Crippen molar-refractivity contribution in [3.05, 3.63) is 70.8 Å². The van der Waals surface area contributed by atoms with Gasteiger partial charge in [0.2, 0.25) is 5.91 Å². The minimum absolute atomic E-state index is 0.389. The van der Waals surface area contributed by atoms with Crippen LogP contribution in [0.3, 0.4) is 0 Å². The van der Waals surface area contributed by atoms with Crippen molar-refractivity contribution in [1.82, 2.24) is 10.2 Å². The fourth-order valence-corrected chi connectivity index (χ4v) is 4.12. The average molecular weight is 528 g/mol. The van der Waals surface area contributed by atoms with E-state index in [-0.39, 0.29) is 0 Å². The molecule has 0 saturated heterocycles. The van der Waals surface area contributed by atoms with Crippen molar-refractivity contribution in [2.45, 2.75) is 78.6 Å². The highest BCUT2D eigenvalue weighted by Gasteiger charge is 2.41. The van der Waals surface area contributed by atoms with Gasteiger partial charge in [-0.3, -0.25) is 9.59 Å². The fourth-order valence-electron chi connectivity index (χ4n) is 3.86. The zero-order chi connectivity index (χ0) is 28.1. The van der Waals surface area contributed by atoms with Crippen molar-refractivity contribution in [3.8, 4) is 0 Å². The number of para-hydroxylation sites is 1. The Kier molecular flexibility index (Phi) is 9.55. The number of amides is 3. The molecule has 0 aliphatic rings. The molecule has 2 N–H and O–H groups in total. The number of halogens is 1. The molecule has 2 atom stereocenters. The zero-order valence-corrected chi connectivity index (χ0v) is 23.7. The van der Waals surface area contributed by atoms with Crippen LogP contribution in [-0.4, -0.2) is 40.0 Å². The Labute approximate surface area is 225 Å². The Balaban J connectivity index is 2.57. The highest BCUT2D eigenvalue weighted by atomic mass is 35.5. The number of carbonyl (C=O) groups excluding carboxylic acids is 3. The number of aryl methyl sites for hydroxylation is 1. The number of carbonyl (C=O) groups is 3. The minimum atomic E-state index is -1.04. The molecule has 0 heterocycles. The van der Waals surface area contributed by atoms with Crippen molar-refractivity contribution in [3.63, 3.8) is 0 Å². The van der Waals surface area contributed by atoms with E-state index in [2.05, 4.69) is 17.2 Å². The third-order valence-corrected chi connectivity index (χ3v) is 5.82. The molecule has 0 bridgehead atoms. The van der Waals surface area contributed by atoms with Gasteiger partial charge in [-0.15, -0.1) is 0 Å². The molecule has 7 nitrogen and oxygen atoms in total. The third kappa shape index (κ3) is 8.09. The van der Waals surface area contributed by atoms with E-state index in [9.17, 15) is 14.4 Å². The van der Waals surface area contributed by atoms with Crippen molar-refractivity contribution in [2.24, 2.45) is 0 Å². The summed E-state index contributed by atoms with van der Waals surface area (Å²) in [6.07, 6.45) is 0.954. The van der Waals surface area contributed by atoms with E-state index in [0.29, 0.717) is 16.3 Å². The number of nitrogens with zero attached hydrogens (tertiary/aromatic N) is 1. The minimum Gasteiger partial charge on any atom is -0.444 e. The van der Waals surface area contributed by atoms with Crippen LogP contribution in [0.2, 0.25) is 5.02 Å². The van der Waals surface area contributed by atoms with Crippen LogP contribution in [0.4, 0.5) is 10.5 Å². The second-order valence-corrected chi connectivity index (χ2v) is 11.4. The first kappa shape index (κ1) is 29.9. The summed E-state index contributed by atoms with van der Waals surface area (Å²) in [7, 11) is 0. The summed E-state index contributed by atoms with van der Waals surface area (Å²) in [4.78, 5) is 41.7. The van der Waals surface area contributed by atoms with Gasteiger partial charge in [0, 0.05) is 5.54 Å². The normalized spacial score (nSPS) is 13.2. The first-order chi connectivity index (χ1) is 17.0. The first-order valence-corrected chi connectivity index (χ1v) is 12.5. The summed E-state index contributed by atoms with van der Waals surface area (Å²) in [6.45, 7) is 18.0. The van der Waals surface area contributed by atoms with Crippen LogP contribution in [0.25, 0.3) is 6.08 Å². The number of rotatable bonds is 7. The van der Waals surface area contributed by atoms with Gasteiger partial charge < -0.3 is 20.3 Å². The molecular weight excluding hydrogens is 490 g/mol. The van der Waals surface area contributed by atoms with Crippen LogP contribution in [-0.2, 0) is 14.3 Å². The Morgan fingerprint density at radius 1 is 1.05 bits per heavy atom. The highest BCUT2D eigenvalue weighted by molar-refractivity contribution is 6.34. The Hall–Kier alpha value is -3.32. The van der Waals surface area contributed by atoms with Crippen LogP contribution in [0.1, 0.15) is 71.2 Å². The van der Waals surface area contributed by atoms with E-state index in [1.54, 1.807) is 58.0 Å². The third-order valence-electron chi connectivity index (χ3n) is 5.50. The molecule has 37 heavy (non-hydrogen) atoms. The van der Waals surface area contributed by atoms with Gasteiger partial charge in [-0.2, -0.15) is 0 Å². The van der Waals surface area contributed by atoms with E-state index in [0.717, 1.165) is 11.1 Å². The lowest BCUT2D eigenvalue weighted by molar-refractivity contribution is -0.146. The molecule has 200 valence electrons. The lowest BCUT2D eigenvalue weighted by atomic mass is 9.94. The molecule has 0 aliphatic heterocycles. The molecule has 3 amide bonds. The number of alkyl carbamates (subject to hydrolysis) is 1. The van der Waals surface area contributed by atoms with E-state index in [1.165, 1.54) is 4.90 Å². The summed E-state index contributed by atoms with van der Waals surface area (Å²) in [6, 6.07) is 10.6. The largest absolute Gasteiger partial charge is 0.444 e. The van der Waals surface area contributed by atoms with Gasteiger partial charge in [0.05, 0.1) is 10.7 Å². The fraction of sp³-hybridized carbons (Fsp3) is 0.414. The van der Waals surface area contributed by atoms with E-state index >= 15 is 0 Å². The standard InChI is InChI=1S/C29H38ClN3O4/c1-10-20-14-12-15-21(17-20)24(25(34)32-23-18(2)13-11-16-22(23)30)33(28(4,5)6)26(35)19(3)31-27(36)37-29(7,8)9/h10-17,19,24H,1H2,2-9H3,(H,31,36)(H,32,34). The number of hydrogen-bond acceptors (Lipinski definition) is 4. The first-order valence-electron chi connectivity index (χ1n) is 12.2. The predicted octanol–water partition coefficient (Wildman–Crippen LogP) is 6.51. The van der Waals surface area contributed by atoms with Gasteiger partial charge in [0.1, 0.15) is 17.7 Å². The number of anilines is 1. The van der Waals surface area contributed by atoms with Gasteiger partial charge in [-0.05, 0) is 84.2 Å². The second-order valence-electron chi connectivity index (χ2n) is 10.9. The van der Waals surface area contributed by atoms with Crippen molar-refractivity contribution in [1.29, 1.82) is 0 Å². The number of benzene rings is 2. The van der Waals surface area contributed by atoms with Gasteiger partial charge in [-0.25, -0.2) is 4.79 Å². The Morgan fingerprint density at radius 3 is 2.22 bits per heavy atom. The van der Waals surface area contributed by atoms with Crippen LogP contribution < -0.4 is 10.6 Å². The summed E-state index contributed by atoms with van der Waals surface area (Å²) in [5, 5.41) is 5.92. The van der Waals surface area contributed by atoms with E-state index in [1.807, 2.05) is 45.9 Å². The molecular formula is C29H38ClN3O4. The SMILES string of the molecule is C=Cc1cccc(C(C(=O)Nc2c(C)cccc2Cl)N(C(=O)C(C)NC(=O)OC(C)(C)C)C(C)(C)C)c1. The van der Waals surface area contributed by atoms with Gasteiger partial charge in [0.25, 0.3) is 5.91 Å². The second kappa shape index (κ2) is 11.8. The van der Waals surface area contributed by atoms with Crippen LogP contribution >= 0.6 is 11.6 Å². The van der Waals surface area contributed by atoms with Crippen LogP contribution in [0.5, 0.6) is 0 Å². The average Bonchev–Trinajstić information content (AvgIpc) is 2.77.